The Labute approximate surface area is 485 Å². The largest absolute Gasteiger partial charge is 0.493 e. The van der Waals surface area contributed by atoms with E-state index >= 15 is 0 Å². The zero-order valence-electron chi connectivity index (χ0n) is 46.8. The van der Waals surface area contributed by atoms with Gasteiger partial charge < -0.3 is 53.1 Å². The summed E-state index contributed by atoms with van der Waals surface area (Å²) in [7, 11) is 8.05. The summed E-state index contributed by atoms with van der Waals surface area (Å²) < 4.78 is 41.7. The Kier molecular flexibility index (Phi) is 18.6. The number of ether oxygens (including phenoxy) is 7. The first kappa shape index (κ1) is 57.9. The van der Waals surface area contributed by atoms with Crippen LogP contribution >= 0.6 is 21.6 Å². The van der Waals surface area contributed by atoms with Crippen molar-refractivity contribution in [3.8, 4) is 23.0 Å². The van der Waals surface area contributed by atoms with Crippen molar-refractivity contribution in [2.75, 3.05) is 99.8 Å². The fraction of sp³-hybridized carbons (Fsp3) is 0.410. The van der Waals surface area contributed by atoms with Crippen LogP contribution in [0.1, 0.15) is 82.5 Å². The number of anilines is 4. The number of para-hydroxylation sites is 2. The molecule has 0 bridgehead atoms. The number of aliphatic imine (C=N–C) groups is 1. The first-order valence-electron chi connectivity index (χ1n) is 27.5. The molecule has 21 heteroatoms. The van der Waals surface area contributed by atoms with Crippen LogP contribution in [0, 0.1) is 0 Å². The van der Waals surface area contributed by atoms with Crippen molar-refractivity contribution >= 4 is 85.8 Å². The Morgan fingerprint density at radius 3 is 2.04 bits per heavy atom. The lowest BCUT2D eigenvalue weighted by Gasteiger charge is -2.34. The van der Waals surface area contributed by atoms with Gasteiger partial charge in [0.05, 0.1) is 81.8 Å². The number of benzene rings is 5. The predicted octanol–water partition coefficient (Wildman–Crippen LogP) is 9.18. The Morgan fingerprint density at radius 2 is 1.34 bits per heavy atom. The minimum absolute atomic E-state index is 0.0379. The number of rotatable bonds is 27. The minimum Gasteiger partial charge on any atom is -0.493 e. The van der Waals surface area contributed by atoms with Gasteiger partial charge in [0.25, 0.3) is 23.6 Å². The maximum absolute atomic E-state index is 14.3. The second kappa shape index (κ2) is 26.3. The number of carbonyl (C=O) groups excluding carboxylic acids is 5. The third-order valence-electron chi connectivity index (χ3n) is 14.6. The molecule has 0 saturated carbocycles. The minimum atomic E-state index is -0.623. The molecule has 0 aromatic heterocycles. The van der Waals surface area contributed by atoms with Gasteiger partial charge in [-0.15, -0.1) is 5.06 Å². The molecule has 0 radical (unpaired) electrons. The SMILES string of the molecule is COCCOCCOCCN(CC(C)(C)SSCCCC(=O)ON1C(=O)CCC1=O)c1cc(COc2cc3c(cc2OC)C(=O)N2c4ccccc4C[C@@H]2C=N3)cc(COc2cc3c(cc2OC)C(=O)N2c4ccccc4C[C@H]2CN3)c1. The van der Waals surface area contributed by atoms with Crippen molar-refractivity contribution in [3.05, 3.63) is 124 Å². The molecule has 0 aliphatic carbocycles. The summed E-state index contributed by atoms with van der Waals surface area (Å²) in [5, 5.41) is 4.12. The van der Waals surface area contributed by atoms with E-state index in [-0.39, 0.29) is 61.1 Å². The summed E-state index contributed by atoms with van der Waals surface area (Å²) in [6.07, 6.45) is 3.86. The summed E-state index contributed by atoms with van der Waals surface area (Å²) in [4.78, 5) is 81.0. The van der Waals surface area contributed by atoms with E-state index in [1.165, 1.54) is 0 Å². The number of amides is 4. The summed E-state index contributed by atoms with van der Waals surface area (Å²) >= 11 is 0. The molecule has 5 aromatic carbocycles. The van der Waals surface area contributed by atoms with Gasteiger partial charge >= 0.3 is 5.97 Å². The van der Waals surface area contributed by atoms with Gasteiger partial charge in [-0.3, -0.25) is 29.1 Å². The zero-order valence-corrected chi connectivity index (χ0v) is 48.4. The highest BCUT2D eigenvalue weighted by Crippen LogP contribution is 2.44. The molecule has 5 heterocycles. The second-order valence-electron chi connectivity index (χ2n) is 21.0. The maximum atomic E-state index is 14.3. The number of fused-ring (bicyclic) bond motifs is 8. The zero-order chi connectivity index (χ0) is 57.3. The van der Waals surface area contributed by atoms with Crippen LogP contribution in [0.25, 0.3) is 0 Å². The Balaban J connectivity index is 0.908. The average molecular weight is 1160 g/mol. The number of methoxy groups -OCH3 is 3. The number of nitrogens with one attached hydrogen (secondary N) is 1. The quantitative estimate of drug-likeness (QED) is 0.0296. The first-order chi connectivity index (χ1) is 39.8. The molecular weight excluding hydrogens is 1090 g/mol. The molecule has 10 rings (SSSR count). The van der Waals surface area contributed by atoms with Crippen LogP contribution in [0.3, 0.4) is 0 Å². The topological polar surface area (TPSA) is 197 Å². The highest BCUT2D eigenvalue weighted by atomic mass is 33.1. The molecule has 5 aliphatic rings. The average Bonchev–Trinajstić information content (AvgIpc) is 3.00. The summed E-state index contributed by atoms with van der Waals surface area (Å²) in [5.41, 5.74) is 8.57. The van der Waals surface area contributed by atoms with Crippen LogP contribution in [0.5, 0.6) is 23.0 Å². The van der Waals surface area contributed by atoms with Crippen LogP contribution in [0.4, 0.5) is 28.4 Å². The van der Waals surface area contributed by atoms with Gasteiger partial charge in [-0.2, -0.15) is 0 Å². The van der Waals surface area contributed by atoms with E-state index in [9.17, 15) is 24.0 Å². The highest BCUT2D eigenvalue weighted by Gasteiger charge is 2.39. The number of imide groups is 1. The van der Waals surface area contributed by atoms with Gasteiger partial charge in [-0.05, 0) is 91.4 Å². The van der Waals surface area contributed by atoms with Crippen molar-refractivity contribution in [3.63, 3.8) is 0 Å². The second-order valence-corrected chi connectivity index (χ2v) is 24.1. The van der Waals surface area contributed by atoms with Crippen molar-refractivity contribution in [2.45, 2.75) is 82.4 Å². The Morgan fingerprint density at radius 1 is 0.720 bits per heavy atom. The smallest absolute Gasteiger partial charge is 0.333 e. The molecule has 4 amide bonds. The Bertz CT molecular complexity index is 3210. The molecule has 5 aliphatic heterocycles. The van der Waals surface area contributed by atoms with Crippen LogP contribution < -0.4 is 39.0 Å². The molecule has 1 fully saturated rings. The fourth-order valence-corrected chi connectivity index (χ4v) is 13.3. The number of hydroxylamine groups is 2. The van der Waals surface area contributed by atoms with Gasteiger partial charge in [-0.1, -0.05) is 58.0 Å². The number of hydrogen-bond acceptors (Lipinski definition) is 18. The monoisotopic (exact) mass is 1160 g/mol. The summed E-state index contributed by atoms with van der Waals surface area (Å²) in [6.45, 7) is 8.30. The van der Waals surface area contributed by atoms with E-state index in [1.807, 2.05) is 65.7 Å². The van der Waals surface area contributed by atoms with E-state index in [2.05, 4.69) is 42.3 Å². The standard InChI is InChI=1S/C61H68N6O13S2/c1-61(2,82-81-24-10-15-58(70)80-67-56(68)16-17-57(67)69)38-64(18-19-76-22-23-77-21-20-73-3)43-26-39(36-78-54-32-48-46(30-52(54)74-4)59(71)65-44(34-62-48)28-41-11-6-8-13-50(41)65)25-40(27-43)37-79-55-33-49-47(31-53(55)75-5)60(72)66-45(35-63-49)29-42-12-7-9-14-51(42)66/h6-9,11-14,25-27,30-34,44-45,63H,10,15-24,28-29,35-38H2,1-5H3/t44-,45+/m1/s1. The molecule has 0 spiro atoms. The molecule has 0 unspecified atom stereocenters. The molecule has 1 N–H and O–H groups in total. The molecule has 82 heavy (non-hydrogen) atoms. The van der Waals surface area contributed by atoms with Crippen molar-refractivity contribution < 1.29 is 62.0 Å². The number of hydrogen-bond donors (Lipinski definition) is 1. The van der Waals surface area contributed by atoms with E-state index in [4.69, 9.17) is 43.0 Å². The normalized spacial score (nSPS) is 16.8. The Hall–Kier alpha value is -7.30. The van der Waals surface area contributed by atoms with Crippen LogP contribution in [0.2, 0.25) is 0 Å². The van der Waals surface area contributed by atoms with Gasteiger partial charge in [0.1, 0.15) is 13.2 Å². The molecular formula is C61H68N6O13S2. The lowest BCUT2D eigenvalue weighted by Crippen LogP contribution is -2.39. The van der Waals surface area contributed by atoms with Crippen LogP contribution in [-0.2, 0) is 59.5 Å². The van der Waals surface area contributed by atoms with E-state index < -0.39 is 17.8 Å². The van der Waals surface area contributed by atoms with E-state index in [0.717, 1.165) is 45.7 Å². The highest BCUT2D eigenvalue weighted by molar-refractivity contribution is 8.77. The van der Waals surface area contributed by atoms with Crippen molar-refractivity contribution in [1.29, 1.82) is 0 Å². The molecule has 19 nitrogen and oxygen atoms in total. The van der Waals surface area contributed by atoms with Crippen LogP contribution in [-0.4, -0.2) is 137 Å². The van der Waals surface area contributed by atoms with Crippen molar-refractivity contribution in [2.24, 2.45) is 4.99 Å². The fourth-order valence-electron chi connectivity index (χ4n) is 10.7. The van der Waals surface area contributed by atoms with Crippen molar-refractivity contribution in [1.82, 2.24) is 5.06 Å². The summed E-state index contributed by atoms with van der Waals surface area (Å²) in [5.74, 6) is 0.379. The molecule has 432 valence electrons. The lowest BCUT2D eigenvalue weighted by molar-refractivity contribution is -0.197. The number of nitrogens with zero attached hydrogens (tertiary/aromatic N) is 5. The summed E-state index contributed by atoms with van der Waals surface area (Å²) in [6, 6.07) is 28.9. The van der Waals surface area contributed by atoms with E-state index in [0.29, 0.717) is 122 Å². The van der Waals surface area contributed by atoms with Gasteiger partial charge in [0.2, 0.25) is 0 Å². The first-order valence-corrected chi connectivity index (χ1v) is 29.8. The van der Waals surface area contributed by atoms with E-state index in [1.54, 1.807) is 66.0 Å². The number of carbonyl (C=O) groups is 5. The van der Waals surface area contributed by atoms with Crippen LogP contribution in [0.15, 0.2) is 96.0 Å². The third-order valence-corrected chi connectivity index (χ3v) is 18.0. The molecule has 2 atom stereocenters. The molecule has 5 aromatic rings. The molecule has 1 saturated heterocycles. The maximum Gasteiger partial charge on any atom is 0.333 e. The predicted molar refractivity (Wildman–Crippen MR) is 315 cm³/mol. The lowest BCUT2D eigenvalue weighted by atomic mass is 10.1. The van der Waals surface area contributed by atoms with Gasteiger partial charge in [0, 0.05) is 98.3 Å². The van der Waals surface area contributed by atoms with Gasteiger partial charge in [0.15, 0.2) is 23.0 Å². The van der Waals surface area contributed by atoms with Gasteiger partial charge in [-0.25, -0.2) is 4.79 Å². The third kappa shape index (κ3) is 13.3.